The highest BCUT2D eigenvalue weighted by Gasteiger charge is 2.35. The summed E-state index contributed by atoms with van der Waals surface area (Å²) in [4.78, 5) is 42.3. The van der Waals surface area contributed by atoms with Gasteiger partial charge >= 0.3 is 0 Å². The molecule has 0 radical (unpaired) electrons. The second-order valence-corrected chi connectivity index (χ2v) is 8.99. The summed E-state index contributed by atoms with van der Waals surface area (Å²) >= 11 is 0. The predicted molar refractivity (Wildman–Crippen MR) is 124 cm³/mol. The van der Waals surface area contributed by atoms with E-state index in [2.05, 4.69) is 20.7 Å². The van der Waals surface area contributed by atoms with Crippen LogP contribution < -0.4 is 26.2 Å². The number of carbonyl (C=O) groups is 1. The van der Waals surface area contributed by atoms with Crippen LogP contribution in [0.4, 0.5) is 17.1 Å². The maximum absolute atomic E-state index is 12.5. The zero-order chi connectivity index (χ0) is 24.7. The number of aromatic hydroxyl groups is 1. The van der Waals surface area contributed by atoms with Gasteiger partial charge in [0.2, 0.25) is 0 Å². The maximum Gasteiger partial charge on any atom is 0.275 e. The van der Waals surface area contributed by atoms with Crippen LogP contribution in [0.3, 0.4) is 0 Å². The number of amides is 1. The van der Waals surface area contributed by atoms with Gasteiger partial charge in [-0.15, -0.1) is 0 Å². The lowest BCUT2D eigenvalue weighted by Gasteiger charge is -2.32. The quantitative estimate of drug-likeness (QED) is 0.454. The van der Waals surface area contributed by atoms with E-state index in [1.54, 1.807) is 17.9 Å². The summed E-state index contributed by atoms with van der Waals surface area (Å²) in [5.74, 6) is -0.389. The molecule has 176 valence electrons. The predicted octanol–water partition coefficient (Wildman–Crippen LogP) is 1.77. The highest BCUT2D eigenvalue weighted by Crippen LogP contribution is 2.40. The lowest BCUT2D eigenvalue weighted by atomic mass is 9.84. The second-order valence-electron chi connectivity index (χ2n) is 8.99. The molecule has 2 aromatic heterocycles. The van der Waals surface area contributed by atoms with E-state index in [-0.39, 0.29) is 22.8 Å². The molecule has 11 heteroatoms. The maximum atomic E-state index is 12.5. The minimum absolute atomic E-state index is 0.0195. The number of methoxy groups -OCH3 is 1. The molecule has 0 aliphatic heterocycles. The fourth-order valence-corrected chi connectivity index (χ4v) is 3.39. The number of ether oxygens (including phenoxy) is 1. The number of carbonyl (C=O) groups excluding carboxylic acids is 1. The number of hydrogen-bond acceptors (Lipinski definition) is 9. The summed E-state index contributed by atoms with van der Waals surface area (Å²) in [5, 5.41) is 20.9. The number of rotatable bonds is 7. The van der Waals surface area contributed by atoms with E-state index in [4.69, 9.17) is 4.74 Å². The summed E-state index contributed by atoms with van der Waals surface area (Å²) in [5.41, 5.74) is -1.33. The number of pyridine rings is 1. The Labute approximate surface area is 190 Å². The van der Waals surface area contributed by atoms with Gasteiger partial charge < -0.3 is 25.4 Å². The Morgan fingerprint density at radius 2 is 1.85 bits per heavy atom. The zero-order valence-corrected chi connectivity index (χ0v) is 19.7. The average molecular weight is 457 g/mol. The fourth-order valence-electron chi connectivity index (χ4n) is 3.39. The van der Waals surface area contributed by atoms with E-state index in [9.17, 15) is 19.5 Å². The van der Waals surface area contributed by atoms with Crippen molar-refractivity contribution in [3.8, 4) is 11.5 Å². The molecule has 2 heterocycles. The van der Waals surface area contributed by atoms with E-state index in [1.165, 1.54) is 38.4 Å². The average Bonchev–Trinajstić information content (AvgIpc) is 3.12. The van der Waals surface area contributed by atoms with Gasteiger partial charge in [0.25, 0.3) is 16.8 Å². The number of hydrogen-bond donors (Lipinski definition) is 3. The summed E-state index contributed by atoms with van der Waals surface area (Å²) in [6.07, 6.45) is 3.05. The van der Waals surface area contributed by atoms with Crippen molar-refractivity contribution in [2.45, 2.75) is 26.8 Å². The van der Waals surface area contributed by atoms with Crippen molar-refractivity contribution in [1.29, 1.82) is 0 Å². The molecule has 33 heavy (non-hydrogen) atoms. The first kappa shape index (κ1) is 23.8. The number of aromatic nitrogens is 3. The highest BCUT2D eigenvalue weighted by molar-refractivity contribution is 5.97. The first-order valence-corrected chi connectivity index (χ1v) is 10.2. The first-order chi connectivity index (χ1) is 15.4. The molecule has 1 amide bonds. The van der Waals surface area contributed by atoms with Crippen molar-refractivity contribution >= 4 is 23.0 Å². The van der Waals surface area contributed by atoms with E-state index < -0.39 is 34.0 Å². The molecule has 0 bridgehead atoms. The Hall–Kier alpha value is -3.89. The van der Waals surface area contributed by atoms with Gasteiger partial charge in [-0.05, 0) is 11.5 Å². The molecular weight excluding hydrogens is 428 g/mol. The van der Waals surface area contributed by atoms with Crippen LogP contribution in [0.15, 0.2) is 28.0 Å². The molecule has 0 aliphatic rings. The molecule has 11 nitrogen and oxygen atoms in total. The van der Waals surface area contributed by atoms with Gasteiger partial charge in [0.15, 0.2) is 17.2 Å². The Bertz CT molecular complexity index is 1260. The van der Waals surface area contributed by atoms with Gasteiger partial charge in [-0.25, -0.2) is 4.98 Å². The number of nitrogens with one attached hydrogen (secondary N) is 2. The Kier molecular flexibility index (Phi) is 6.17. The monoisotopic (exact) mass is 456 g/mol. The van der Waals surface area contributed by atoms with Crippen LogP contribution in [0, 0.1) is 5.41 Å². The SMILES string of the molecule is COc1cn(C)nc1C(Nc1c(Nc2ccnc(C(=O)N(C)C)c2O)c(=O)c1=O)C(C)(C)C. The van der Waals surface area contributed by atoms with Crippen molar-refractivity contribution in [2.24, 2.45) is 12.5 Å². The number of aryl methyl sites for hydroxylation is 1. The molecule has 0 aliphatic carbocycles. The Balaban J connectivity index is 2.00. The lowest BCUT2D eigenvalue weighted by Crippen LogP contribution is -2.39. The topological polar surface area (TPSA) is 139 Å². The molecule has 3 N–H and O–H groups in total. The molecule has 3 aromatic rings. The van der Waals surface area contributed by atoms with Crippen LogP contribution in [-0.4, -0.2) is 51.9 Å². The van der Waals surface area contributed by atoms with Gasteiger partial charge in [0.05, 0.1) is 25.0 Å². The van der Waals surface area contributed by atoms with E-state index in [0.717, 1.165) is 0 Å². The lowest BCUT2D eigenvalue weighted by molar-refractivity contribution is 0.0819. The minimum Gasteiger partial charge on any atom is -0.504 e. The van der Waals surface area contributed by atoms with Crippen molar-refractivity contribution in [2.75, 3.05) is 31.8 Å². The number of anilines is 3. The third-order valence-corrected chi connectivity index (χ3v) is 5.17. The van der Waals surface area contributed by atoms with Crippen LogP contribution in [0.2, 0.25) is 0 Å². The number of nitrogens with zero attached hydrogens (tertiary/aromatic N) is 4. The fraction of sp³-hybridized carbons (Fsp3) is 0.409. The largest absolute Gasteiger partial charge is 0.504 e. The first-order valence-electron chi connectivity index (χ1n) is 10.2. The third-order valence-electron chi connectivity index (χ3n) is 5.17. The van der Waals surface area contributed by atoms with Gasteiger partial charge in [-0.3, -0.25) is 19.1 Å². The van der Waals surface area contributed by atoms with Gasteiger partial charge in [-0.2, -0.15) is 5.10 Å². The van der Waals surface area contributed by atoms with Crippen molar-refractivity contribution in [1.82, 2.24) is 19.7 Å². The van der Waals surface area contributed by atoms with Crippen molar-refractivity contribution < 1.29 is 14.6 Å². The van der Waals surface area contributed by atoms with E-state index in [1.807, 2.05) is 20.8 Å². The molecule has 1 atom stereocenters. The van der Waals surface area contributed by atoms with E-state index >= 15 is 0 Å². The van der Waals surface area contributed by atoms with Crippen LogP contribution in [0.1, 0.15) is 43.0 Å². The molecule has 0 spiro atoms. The summed E-state index contributed by atoms with van der Waals surface area (Å²) in [6.45, 7) is 5.89. The van der Waals surface area contributed by atoms with Crippen LogP contribution in [0.5, 0.6) is 11.5 Å². The third kappa shape index (κ3) is 4.38. The highest BCUT2D eigenvalue weighted by atomic mass is 16.5. The standard InChI is InChI=1S/C22H28N6O5/c1-22(2,3)20(13-12(33-7)10-28(6)26-13)25-15-14(18(30)19(15)31)24-11-8-9-23-16(17(11)29)21(32)27(4)5/h8-10,20,25,29H,1-7H3,(H,23,24). The summed E-state index contributed by atoms with van der Waals surface area (Å²) < 4.78 is 7.04. The molecular formula is C22H28N6O5. The minimum atomic E-state index is -0.741. The van der Waals surface area contributed by atoms with Crippen molar-refractivity contribution in [3.63, 3.8) is 0 Å². The van der Waals surface area contributed by atoms with Crippen LogP contribution >= 0.6 is 0 Å². The van der Waals surface area contributed by atoms with Crippen LogP contribution in [-0.2, 0) is 7.05 Å². The molecule has 1 unspecified atom stereocenters. The van der Waals surface area contributed by atoms with Crippen LogP contribution in [0.25, 0.3) is 0 Å². The van der Waals surface area contributed by atoms with Gasteiger partial charge in [-0.1, -0.05) is 20.8 Å². The van der Waals surface area contributed by atoms with Gasteiger partial charge in [0, 0.05) is 27.3 Å². The second kappa shape index (κ2) is 8.57. The molecule has 3 rings (SSSR count). The molecule has 1 aromatic carbocycles. The molecule has 0 fully saturated rings. The van der Waals surface area contributed by atoms with Gasteiger partial charge in [0.1, 0.15) is 17.1 Å². The zero-order valence-electron chi connectivity index (χ0n) is 19.7. The Morgan fingerprint density at radius 1 is 1.21 bits per heavy atom. The molecule has 0 saturated carbocycles. The summed E-state index contributed by atoms with van der Waals surface area (Å²) in [7, 11) is 6.35. The normalized spacial score (nSPS) is 12.5. The molecule has 0 saturated heterocycles. The van der Waals surface area contributed by atoms with Crippen molar-refractivity contribution in [3.05, 3.63) is 50.3 Å². The summed E-state index contributed by atoms with van der Waals surface area (Å²) in [6, 6.07) is 0.931. The smallest absolute Gasteiger partial charge is 0.275 e. The Morgan fingerprint density at radius 3 is 2.42 bits per heavy atom. The van der Waals surface area contributed by atoms with E-state index in [0.29, 0.717) is 11.4 Å².